The second-order valence-electron chi connectivity index (χ2n) is 6.55. The molecule has 6 nitrogen and oxygen atoms in total. The number of aliphatic imine (C=N–C) groups is 1. The molecule has 154 valence electrons. The van der Waals surface area contributed by atoms with Gasteiger partial charge in [0.15, 0.2) is 5.96 Å². The maximum atomic E-state index is 5.89. The minimum Gasteiger partial charge on any atom is -0.491 e. The minimum atomic E-state index is 0. The van der Waals surface area contributed by atoms with Gasteiger partial charge in [0.1, 0.15) is 12.4 Å². The van der Waals surface area contributed by atoms with Crippen LogP contribution in [0.3, 0.4) is 0 Å². The number of halogens is 1. The number of hydrogen-bond donors (Lipinski definition) is 1. The first-order valence-electron chi connectivity index (χ1n) is 9.50. The molecule has 0 aliphatic carbocycles. The normalized spacial score (nSPS) is 15.1. The molecule has 0 aromatic heterocycles. The molecule has 1 fully saturated rings. The predicted octanol–water partition coefficient (Wildman–Crippen LogP) is 3.08. The zero-order chi connectivity index (χ0) is 18.6. The average molecular weight is 491 g/mol. The molecule has 2 rings (SSSR count). The maximum absolute atomic E-state index is 5.89. The van der Waals surface area contributed by atoms with E-state index in [1.54, 1.807) is 7.05 Å². The molecule has 27 heavy (non-hydrogen) atoms. The van der Waals surface area contributed by atoms with Gasteiger partial charge in [0.25, 0.3) is 0 Å². The monoisotopic (exact) mass is 491 g/mol. The van der Waals surface area contributed by atoms with Gasteiger partial charge in [-0.2, -0.15) is 0 Å². The summed E-state index contributed by atoms with van der Waals surface area (Å²) >= 11 is 0. The van der Waals surface area contributed by atoms with Crippen molar-refractivity contribution in [2.75, 3.05) is 53.6 Å². The molecular weight excluding hydrogens is 457 g/mol. The standard InChI is InChI=1S/C20H33N3O3.HI/c1-17-7-4-5-8-19(17)26-16-12-23(3)20(21-2)22-11-6-13-25-18-9-14-24-15-10-18;/h4-5,7-8,18H,6,9-16H2,1-3H3,(H,21,22);1H. The number of guanidine groups is 1. The molecule has 7 heteroatoms. The zero-order valence-corrected chi connectivity index (χ0v) is 19.1. The number of para-hydroxylation sites is 1. The maximum Gasteiger partial charge on any atom is 0.193 e. The Morgan fingerprint density at radius 2 is 2.00 bits per heavy atom. The first-order chi connectivity index (χ1) is 12.7. The van der Waals surface area contributed by atoms with Gasteiger partial charge in [0, 0.05) is 40.5 Å². The fourth-order valence-corrected chi connectivity index (χ4v) is 2.87. The largest absolute Gasteiger partial charge is 0.491 e. The van der Waals surface area contributed by atoms with Crippen LogP contribution in [0.1, 0.15) is 24.8 Å². The van der Waals surface area contributed by atoms with Crippen molar-refractivity contribution in [3.05, 3.63) is 29.8 Å². The summed E-state index contributed by atoms with van der Waals surface area (Å²) in [4.78, 5) is 6.42. The molecule has 1 aliphatic rings. The van der Waals surface area contributed by atoms with Crippen LogP contribution >= 0.6 is 24.0 Å². The molecule has 0 saturated carbocycles. The lowest BCUT2D eigenvalue weighted by Crippen LogP contribution is -2.41. The van der Waals surface area contributed by atoms with Crippen LogP contribution in [0.4, 0.5) is 0 Å². The third-order valence-corrected chi connectivity index (χ3v) is 4.48. The van der Waals surface area contributed by atoms with Gasteiger partial charge in [0.2, 0.25) is 0 Å². The molecule has 0 bridgehead atoms. The minimum absolute atomic E-state index is 0. The van der Waals surface area contributed by atoms with E-state index in [9.17, 15) is 0 Å². The molecule has 1 aromatic rings. The van der Waals surface area contributed by atoms with Crippen LogP contribution in [0.25, 0.3) is 0 Å². The molecule has 1 aromatic carbocycles. The molecule has 0 atom stereocenters. The van der Waals surface area contributed by atoms with Crippen LogP contribution in [0.5, 0.6) is 5.75 Å². The SMILES string of the molecule is CN=C(NCCCOC1CCOCC1)N(C)CCOc1ccccc1C.I. The quantitative estimate of drug-likeness (QED) is 0.249. The molecule has 0 spiro atoms. The highest BCUT2D eigenvalue weighted by Gasteiger charge is 2.13. The Kier molecular flexibility index (Phi) is 12.4. The smallest absolute Gasteiger partial charge is 0.193 e. The summed E-state index contributed by atoms with van der Waals surface area (Å²) in [5, 5.41) is 3.38. The van der Waals surface area contributed by atoms with E-state index in [0.717, 1.165) is 69.4 Å². The van der Waals surface area contributed by atoms with E-state index in [1.165, 1.54) is 0 Å². The Labute approximate surface area is 180 Å². The molecular formula is C20H34IN3O3. The Hall–Kier alpha value is -1.06. The molecule has 0 unspecified atom stereocenters. The summed E-state index contributed by atoms with van der Waals surface area (Å²) in [5.41, 5.74) is 1.15. The highest BCUT2D eigenvalue weighted by Crippen LogP contribution is 2.15. The number of ether oxygens (including phenoxy) is 3. The molecule has 0 amide bonds. The van der Waals surface area contributed by atoms with Crippen molar-refractivity contribution in [3.63, 3.8) is 0 Å². The zero-order valence-electron chi connectivity index (χ0n) is 16.8. The van der Waals surface area contributed by atoms with Gasteiger partial charge >= 0.3 is 0 Å². The Morgan fingerprint density at radius 3 is 2.70 bits per heavy atom. The van der Waals surface area contributed by atoms with E-state index in [2.05, 4.69) is 28.2 Å². The summed E-state index contributed by atoms with van der Waals surface area (Å²) in [7, 11) is 3.83. The van der Waals surface area contributed by atoms with Crippen molar-refractivity contribution < 1.29 is 14.2 Å². The number of nitrogens with one attached hydrogen (secondary N) is 1. The first kappa shape index (κ1) is 24.0. The fourth-order valence-electron chi connectivity index (χ4n) is 2.87. The number of likely N-dealkylation sites (N-methyl/N-ethyl adjacent to an activating group) is 1. The summed E-state index contributed by atoms with van der Waals surface area (Å²) in [6.45, 7) is 6.72. The lowest BCUT2D eigenvalue weighted by molar-refractivity contribution is -0.0320. The number of hydrogen-bond acceptors (Lipinski definition) is 4. The first-order valence-corrected chi connectivity index (χ1v) is 9.50. The van der Waals surface area contributed by atoms with Gasteiger partial charge in [-0.3, -0.25) is 4.99 Å². The molecule has 0 radical (unpaired) electrons. The molecule has 1 saturated heterocycles. The van der Waals surface area contributed by atoms with E-state index >= 15 is 0 Å². The van der Waals surface area contributed by atoms with Crippen LogP contribution in [-0.4, -0.2) is 70.6 Å². The Morgan fingerprint density at radius 1 is 1.26 bits per heavy atom. The van der Waals surface area contributed by atoms with E-state index in [1.807, 2.05) is 25.2 Å². The molecule has 1 aliphatic heterocycles. The van der Waals surface area contributed by atoms with Crippen LogP contribution in [0, 0.1) is 6.92 Å². The third kappa shape index (κ3) is 9.12. The lowest BCUT2D eigenvalue weighted by Gasteiger charge is -2.24. The van der Waals surface area contributed by atoms with Gasteiger partial charge in [-0.1, -0.05) is 18.2 Å². The van der Waals surface area contributed by atoms with Crippen molar-refractivity contribution in [2.45, 2.75) is 32.3 Å². The number of rotatable bonds is 9. The van der Waals surface area contributed by atoms with Crippen LogP contribution < -0.4 is 10.1 Å². The van der Waals surface area contributed by atoms with Crippen LogP contribution in [-0.2, 0) is 9.47 Å². The highest BCUT2D eigenvalue weighted by molar-refractivity contribution is 14.0. The van der Waals surface area contributed by atoms with Gasteiger partial charge < -0.3 is 24.4 Å². The van der Waals surface area contributed by atoms with Crippen LogP contribution in [0.15, 0.2) is 29.3 Å². The van der Waals surface area contributed by atoms with Gasteiger partial charge in [-0.25, -0.2) is 0 Å². The highest BCUT2D eigenvalue weighted by atomic mass is 127. The number of aryl methyl sites for hydroxylation is 1. The van der Waals surface area contributed by atoms with E-state index in [0.29, 0.717) is 12.7 Å². The van der Waals surface area contributed by atoms with Crippen molar-refractivity contribution in [2.24, 2.45) is 4.99 Å². The van der Waals surface area contributed by atoms with Gasteiger partial charge in [-0.15, -0.1) is 24.0 Å². The lowest BCUT2D eigenvalue weighted by atomic mass is 10.1. The molecule has 1 N–H and O–H groups in total. The molecule has 1 heterocycles. The number of nitrogens with zero attached hydrogens (tertiary/aromatic N) is 2. The van der Waals surface area contributed by atoms with Crippen molar-refractivity contribution >= 4 is 29.9 Å². The van der Waals surface area contributed by atoms with Crippen molar-refractivity contribution in [1.29, 1.82) is 0 Å². The summed E-state index contributed by atoms with van der Waals surface area (Å²) < 4.78 is 17.1. The summed E-state index contributed by atoms with van der Waals surface area (Å²) in [6.07, 6.45) is 3.35. The van der Waals surface area contributed by atoms with Crippen molar-refractivity contribution in [1.82, 2.24) is 10.2 Å². The van der Waals surface area contributed by atoms with E-state index in [-0.39, 0.29) is 24.0 Å². The second kappa shape index (κ2) is 14.0. The summed E-state index contributed by atoms with van der Waals surface area (Å²) in [6, 6.07) is 8.07. The van der Waals surface area contributed by atoms with Crippen LogP contribution in [0.2, 0.25) is 0 Å². The average Bonchev–Trinajstić information content (AvgIpc) is 2.67. The second-order valence-corrected chi connectivity index (χ2v) is 6.55. The topological polar surface area (TPSA) is 55.3 Å². The van der Waals surface area contributed by atoms with Gasteiger partial charge in [0.05, 0.1) is 12.6 Å². The van der Waals surface area contributed by atoms with Gasteiger partial charge in [-0.05, 0) is 37.8 Å². The van der Waals surface area contributed by atoms with E-state index < -0.39 is 0 Å². The van der Waals surface area contributed by atoms with Crippen molar-refractivity contribution in [3.8, 4) is 5.75 Å². The Bertz CT molecular complexity index is 551. The number of benzene rings is 1. The summed E-state index contributed by atoms with van der Waals surface area (Å²) in [5.74, 6) is 1.82. The Balaban J connectivity index is 0.00000364. The predicted molar refractivity (Wildman–Crippen MR) is 120 cm³/mol. The van der Waals surface area contributed by atoms with E-state index in [4.69, 9.17) is 14.2 Å². The third-order valence-electron chi connectivity index (χ3n) is 4.48. The fraction of sp³-hybridized carbons (Fsp3) is 0.650.